The number of methoxy groups -OCH3 is 1. The van der Waals surface area contributed by atoms with Gasteiger partial charge in [0.2, 0.25) is 0 Å². The minimum absolute atomic E-state index is 0.0235. The van der Waals surface area contributed by atoms with Crippen LogP contribution in [0.15, 0.2) is 12.2 Å². The number of carboxylic acids is 1. The minimum Gasteiger partial charge on any atom is -0.550 e. The Balaban J connectivity index is 2.26. The Morgan fingerprint density at radius 3 is 2.36 bits per heavy atom. The molecule has 0 radical (unpaired) electrons. The van der Waals surface area contributed by atoms with Crippen molar-refractivity contribution >= 4 is 11.9 Å². The highest BCUT2D eigenvalue weighted by Crippen LogP contribution is 2.48. The maximum absolute atomic E-state index is 11.4. The third-order valence-corrected chi connectivity index (χ3v) is 3.20. The lowest BCUT2D eigenvalue weighted by atomic mass is 9.83. The Kier molecular flexibility index (Phi) is 2.06. The molecule has 4 nitrogen and oxygen atoms in total. The summed E-state index contributed by atoms with van der Waals surface area (Å²) in [7, 11) is 1.28. The van der Waals surface area contributed by atoms with Crippen molar-refractivity contribution in [1.29, 1.82) is 0 Å². The van der Waals surface area contributed by atoms with Gasteiger partial charge in [-0.15, -0.1) is 0 Å². The molecule has 14 heavy (non-hydrogen) atoms. The Morgan fingerprint density at radius 1 is 1.29 bits per heavy atom. The molecule has 1 fully saturated rings. The molecule has 0 saturated heterocycles. The van der Waals surface area contributed by atoms with Gasteiger partial charge in [-0.1, -0.05) is 12.2 Å². The van der Waals surface area contributed by atoms with Gasteiger partial charge in [0, 0.05) is 11.9 Å². The lowest BCUT2D eigenvalue weighted by molar-refractivity contribution is -0.314. The first kappa shape index (κ1) is 9.24. The second kappa shape index (κ2) is 3.12. The van der Waals surface area contributed by atoms with Gasteiger partial charge in [-0.25, -0.2) is 0 Å². The van der Waals surface area contributed by atoms with Crippen LogP contribution < -0.4 is 5.11 Å². The summed E-state index contributed by atoms with van der Waals surface area (Å²) >= 11 is 0. The summed E-state index contributed by atoms with van der Waals surface area (Å²) in [5.74, 6) is -2.84. The second-order valence-electron chi connectivity index (χ2n) is 3.84. The zero-order valence-corrected chi connectivity index (χ0v) is 7.80. The fourth-order valence-corrected chi connectivity index (χ4v) is 2.60. The van der Waals surface area contributed by atoms with E-state index in [2.05, 4.69) is 4.74 Å². The van der Waals surface area contributed by atoms with Gasteiger partial charge in [0.15, 0.2) is 0 Å². The number of hydrogen-bond donors (Lipinski definition) is 0. The first-order chi connectivity index (χ1) is 6.65. The molecular formula is C10H11O4-. The highest BCUT2D eigenvalue weighted by atomic mass is 16.5. The number of carbonyl (C=O) groups is 2. The van der Waals surface area contributed by atoms with Crippen LogP contribution in [0.2, 0.25) is 0 Å². The van der Waals surface area contributed by atoms with Crippen LogP contribution in [0.25, 0.3) is 0 Å². The zero-order chi connectivity index (χ0) is 10.3. The molecule has 0 unspecified atom stereocenters. The number of esters is 1. The Hall–Kier alpha value is -1.32. The van der Waals surface area contributed by atoms with Gasteiger partial charge in [0.05, 0.1) is 13.0 Å². The summed E-state index contributed by atoms with van der Waals surface area (Å²) in [5, 5.41) is 10.9. The monoisotopic (exact) mass is 195 g/mol. The van der Waals surface area contributed by atoms with Gasteiger partial charge >= 0.3 is 5.97 Å². The average molecular weight is 195 g/mol. The van der Waals surface area contributed by atoms with Crippen molar-refractivity contribution in [3.63, 3.8) is 0 Å². The average Bonchev–Trinajstić information content (AvgIpc) is 2.74. The maximum atomic E-state index is 11.4. The number of rotatable bonds is 2. The van der Waals surface area contributed by atoms with E-state index in [9.17, 15) is 14.7 Å². The van der Waals surface area contributed by atoms with Gasteiger partial charge in [-0.2, -0.15) is 0 Å². The topological polar surface area (TPSA) is 66.4 Å². The third-order valence-electron chi connectivity index (χ3n) is 3.20. The number of ether oxygens (including phenoxy) is 1. The number of fused-ring (bicyclic) bond motifs is 2. The van der Waals surface area contributed by atoms with Gasteiger partial charge in [-0.05, 0) is 18.3 Å². The first-order valence-electron chi connectivity index (χ1n) is 4.62. The fourth-order valence-electron chi connectivity index (χ4n) is 2.60. The van der Waals surface area contributed by atoms with Gasteiger partial charge in [0.1, 0.15) is 0 Å². The molecule has 4 atom stereocenters. The number of allylic oxidation sites excluding steroid dienone is 2. The summed E-state index contributed by atoms with van der Waals surface area (Å²) < 4.78 is 4.60. The summed E-state index contributed by atoms with van der Waals surface area (Å²) in [4.78, 5) is 22.2. The summed E-state index contributed by atoms with van der Waals surface area (Å²) in [6.07, 6.45) is 4.51. The van der Waals surface area contributed by atoms with Crippen molar-refractivity contribution in [3.05, 3.63) is 12.2 Å². The van der Waals surface area contributed by atoms with Gasteiger partial charge in [-0.3, -0.25) is 4.79 Å². The highest BCUT2D eigenvalue weighted by Gasteiger charge is 2.49. The maximum Gasteiger partial charge on any atom is 0.309 e. The predicted molar refractivity (Wildman–Crippen MR) is 44.7 cm³/mol. The van der Waals surface area contributed by atoms with Crippen molar-refractivity contribution in [2.24, 2.45) is 23.7 Å². The fraction of sp³-hybridized carbons (Fsp3) is 0.600. The molecule has 0 N–H and O–H groups in total. The van der Waals surface area contributed by atoms with Crippen LogP contribution in [0.1, 0.15) is 6.42 Å². The molecule has 0 aromatic rings. The van der Waals surface area contributed by atoms with Crippen LogP contribution in [-0.2, 0) is 14.3 Å². The van der Waals surface area contributed by atoms with E-state index in [1.54, 1.807) is 0 Å². The molecule has 0 aromatic carbocycles. The number of carbonyl (C=O) groups excluding carboxylic acids is 2. The largest absolute Gasteiger partial charge is 0.550 e. The Bertz CT molecular complexity index is 307. The van der Waals surface area contributed by atoms with Crippen molar-refractivity contribution in [2.75, 3.05) is 7.11 Å². The molecule has 2 rings (SSSR count). The van der Waals surface area contributed by atoms with E-state index in [-0.39, 0.29) is 11.8 Å². The molecule has 76 valence electrons. The second-order valence-corrected chi connectivity index (χ2v) is 3.84. The number of carboxylic acid groups (broad SMARTS) is 1. The normalized spacial score (nSPS) is 38.6. The number of aliphatic carboxylic acids is 1. The summed E-state index contributed by atoms with van der Waals surface area (Å²) in [5.41, 5.74) is 0. The van der Waals surface area contributed by atoms with Crippen LogP contribution >= 0.6 is 0 Å². The van der Waals surface area contributed by atoms with Crippen molar-refractivity contribution < 1.29 is 19.4 Å². The van der Waals surface area contributed by atoms with E-state index >= 15 is 0 Å². The van der Waals surface area contributed by atoms with Crippen molar-refractivity contribution in [3.8, 4) is 0 Å². The van der Waals surface area contributed by atoms with Gasteiger partial charge in [0.25, 0.3) is 0 Å². The molecule has 0 aliphatic heterocycles. The molecular weight excluding hydrogens is 184 g/mol. The smallest absolute Gasteiger partial charge is 0.309 e. The van der Waals surface area contributed by atoms with Crippen LogP contribution in [0.5, 0.6) is 0 Å². The molecule has 1 saturated carbocycles. The highest BCUT2D eigenvalue weighted by molar-refractivity contribution is 5.82. The SMILES string of the molecule is COC(=O)[C@H]1[C@@H](C(=O)[O-])[C@H]2C=C[C@H]1C2. The lowest BCUT2D eigenvalue weighted by Gasteiger charge is -2.26. The summed E-state index contributed by atoms with van der Waals surface area (Å²) in [6, 6.07) is 0. The van der Waals surface area contributed by atoms with Crippen LogP contribution in [-0.4, -0.2) is 19.0 Å². The zero-order valence-electron chi connectivity index (χ0n) is 7.80. The van der Waals surface area contributed by atoms with Crippen LogP contribution in [0.4, 0.5) is 0 Å². The molecule has 4 heteroatoms. The van der Waals surface area contributed by atoms with E-state index in [4.69, 9.17) is 0 Å². The number of hydrogen-bond acceptors (Lipinski definition) is 4. The van der Waals surface area contributed by atoms with E-state index in [1.807, 2.05) is 12.2 Å². The van der Waals surface area contributed by atoms with Crippen molar-refractivity contribution in [2.45, 2.75) is 6.42 Å². The van der Waals surface area contributed by atoms with E-state index < -0.39 is 23.8 Å². The lowest BCUT2D eigenvalue weighted by Crippen LogP contribution is -2.41. The van der Waals surface area contributed by atoms with E-state index in [1.165, 1.54) is 7.11 Å². The standard InChI is InChI=1S/C10H12O4/c1-14-10(13)8-6-3-2-5(4-6)7(8)9(11)12/h2-3,5-8H,4H2,1H3,(H,11,12)/p-1/t5-,6-,7-,8+/m0/s1. The Labute approximate surface area is 81.6 Å². The minimum atomic E-state index is -1.14. The van der Waals surface area contributed by atoms with Crippen molar-refractivity contribution in [1.82, 2.24) is 0 Å². The quantitative estimate of drug-likeness (QED) is 0.433. The molecule has 0 spiro atoms. The van der Waals surface area contributed by atoms with Crippen LogP contribution in [0.3, 0.4) is 0 Å². The molecule has 0 aromatic heterocycles. The van der Waals surface area contributed by atoms with E-state index in [0.29, 0.717) is 0 Å². The van der Waals surface area contributed by atoms with Gasteiger partial charge < -0.3 is 14.6 Å². The Morgan fingerprint density at radius 2 is 1.86 bits per heavy atom. The third kappa shape index (κ3) is 1.14. The molecule has 0 heterocycles. The summed E-state index contributed by atoms with van der Waals surface area (Å²) in [6.45, 7) is 0. The molecule has 2 bridgehead atoms. The predicted octanol–water partition coefficient (Wildman–Crippen LogP) is -0.652. The molecule has 2 aliphatic rings. The molecule has 2 aliphatic carbocycles. The first-order valence-corrected chi connectivity index (χ1v) is 4.62. The van der Waals surface area contributed by atoms with E-state index in [0.717, 1.165) is 6.42 Å². The van der Waals surface area contributed by atoms with Crippen LogP contribution in [0, 0.1) is 23.7 Å². The molecule has 0 amide bonds.